The minimum atomic E-state index is -0.730. The van der Waals surface area contributed by atoms with Crippen molar-refractivity contribution in [3.63, 3.8) is 0 Å². The number of pyridine rings is 1. The smallest absolute Gasteiger partial charge is 0.253 e. The molecular weight excluding hydrogens is 348 g/mol. The zero-order chi connectivity index (χ0) is 19.4. The SMILES string of the molecule is CC(C)N(C)CC(=O)N1CCOCC2(C1)CN(c1cccnc1)C(=O)CO2. The van der Waals surface area contributed by atoms with Gasteiger partial charge in [0.25, 0.3) is 5.91 Å². The van der Waals surface area contributed by atoms with Gasteiger partial charge in [0, 0.05) is 18.8 Å². The molecule has 2 amide bonds. The minimum absolute atomic E-state index is 0.0355. The highest BCUT2D eigenvalue weighted by Crippen LogP contribution is 2.27. The first kappa shape index (κ1) is 19.7. The van der Waals surface area contributed by atoms with Gasteiger partial charge in [0.05, 0.1) is 44.7 Å². The Labute approximate surface area is 160 Å². The molecule has 0 radical (unpaired) electrons. The number of amides is 2. The minimum Gasteiger partial charge on any atom is -0.376 e. The summed E-state index contributed by atoms with van der Waals surface area (Å²) in [6, 6.07) is 3.93. The van der Waals surface area contributed by atoms with Gasteiger partial charge in [-0.25, -0.2) is 0 Å². The Balaban J connectivity index is 1.75. The first-order valence-electron chi connectivity index (χ1n) is 9.30. The van der Waals surface area contributed by atoms with Gasteiger partial charge in [-0.15, -0.1) is 0 Å². The third kappa shape index (κ3) is 4.63. The fourth-order valence-electron chi connectivity index (χ4n) is 3.26. The van der Waals surface area contributed by atoms with Crippen molar-refractivity contribution >= 4 is 17.5 Å². The van der Waals surface area contributed by atoms with Crippen LogP contribution in [0.25, 0.3) is 0 Å². The lowest BCUT2D eigenvalue weighted by Gasteiger charge is -2.43. The number of anilines is 1. The number of rotatable bonds is 4. The van der Waals surface area contributed by atoms with E-state index in [2.05, 4.69) is 18.8 Å². The van der Waals surface area contributed by atoms with Gasteiger partial charge < -0.3 is 19.3 Å². The van der Waals surface area contributed by atoms with E-state index in [-0.39, 0.29) is 24.5 Å². The molecule has 3 heterocycles. The van der Waals surface area contributed by atoms with Crippen LogP contribution in [0.5, 0.6) is 0 Å². The van der Waals surface area contributed by atoms with Gasteiger partial charge in [0.2, 0.25) is 5.91 Å². The van der Waals surface area contributed by atoms with Crippen molar-refractivity contribution in [3.05, 3.63) is 24.5 Å². The third-order valence-corrected chi connectivity index (χ3v) is 5.18. The van der Waals surface area contributed by atoms with E-state index in [1.54, 1.807) is 28.3 Å². The number of carbonyl (C=O) groups is 2. The van der Waals surface area contributed by atoms with Crippen LogP contribution < -0.4 is 4.90 Å². The zero-order valence-corrected chi connectivity index (χ0v) is 16.3. The maximum atomic E-state index is 12.8. The van der Waals surface area contributed by atoms with Crippen LogP contribution in [0.4, 0.5) is 5.69 Å². The molecule has 2 aliphatic rings. The zero-order valence-electron chi connectivity index (χ0n) is 16.3. The van der Waals surface area contributed by atoms with Crippen molar-refractivity contribution in [1.29, 1.82) is 0 Å². The topological polar surface area (TPSA) is 75.2 Å². The highest BCUT2D eigenvalue weighted by molar-refractivity contribution is 5.95. The number of nitrogens with zero attached hydrogens (tertiary/aromatic N) is 4. The summed E-state index contributed by atoms with van der Waals surface area (Å²) >= 11 is 0. The highest BCUT2D eigenvalue weighted by Gasteiger charge is 2.44. The molecule has 0 saturated carbocycles. The lowest BCUT2D eigenvalue weighted by molar-refractivity contribution is -0.150. The molecule has 1 spiro atoms. The molecule has 2 fully saturated rings. The Kier molecular flexibility index (Phi) is 6.08. The number of hydrogen-bond donors (Lipinski definition) is 0. The summed E-state index contributed by atoms with van der Waals surface area (Å²) in [7, 11) is 1.94. The fourth-order valence-corrected chi connectivity index (χ4v) is 3.26. The van der Waals surface area contributed by atoms with Crippen LogP contribution in [0.15, 0.2) is 24.5 Å². The number of morpholine rings is 1. The summed E-state index contributed by atoms with van der Waals surface area (Å²) in [6.45, 7) is 6.50. The van der Waals surface area contributed by atoms with E-state index in [1.807, 2.05) is 18.0 Å². The lowest BCUT2D eigenvalue weighted by atomic mass is 10.0. The molecule has 148 valence electrons. The van der Waals surface area contributed by atoms with Crippen LogP contribution in [0, 0.1) is 0 Å². The summed E-state index contributed by atoms with van der Waals surface area (Å²) in [5.74, 6) is -0.0696. The van der Waals surface area contributed by atoms with E-state index in [9.17, 15) is 9.59 Å². The van der Waals surface area contributed by atoms with Crippen LogP contribution in [0.1, 0.15) is 13.8 Å². The number of aromatic nitrogens is 1. The van der Waals surface area contributed by atoms with E-state index >= 15 is 0 Å². The molecule has 0 aromatic carbocycles. The molecule has 27 heavy (non-hydrogen) atoms. The average Bonchev–Trinajstić information content (AvgIpc) is 2.87. The monoisotopic (exact) mass is 376 g/mol. The summed E-state index contributed by atoms with van der Waals surface area (Å²) < 4.78 is 11.7. The Morgan fingerprint density at radius 3 is 2.93 bits per heavy atom. The quantitative estimate of drug-likeness (QED) is 0.756. The van der Waals surface area contributed by atoms with Crippen LogP contribution in [0.2, 0.25) is 0 Å². The molecule has 1 unspecified atom stereocenters. The Bertz CT molecular complexity index is 669. The van der Waals surface area contributed by atoms with Crippen LogP contribution in [-0.2, 0) is 19.1 Å². The molecule has 3 rings (SSSR count). The predicted octanol–water partition coefficient (Wildman–Crippen LogP) is 0.383. The maximum Gasteiger partial charge on any atom is 0.253 e. The Morgan fingerprint density at radius 1 is 1.41 bits per heavy atom. The first-order chi connectivity index (χ1) is 12.9. The van der Waals surface area contributed by atoms with Crippen molar-refractivity contribution in [2.75, 3.05) is 57.9 Å². The largest absolute Gasteiger partial charge is 0.376 e. The molecule has 1 aromatic rings. The molecular formula is C19H28N4O4. The number of carbonyl (C=O) groups excluding carboxylic acids is 2. The van der Waals surface area contributed by atoms with Crippen molar-refractivity contribution in [2.45, 2.75) is 25.5 Å². The second-order valence-electron chi connectivity index (χ2n) is 7.54. The second-order valence-corrected chi connectivity index (χ2v) is 7.54. The lowest BCUT2D eigenvalue weighted by Crippen LogP contribution is -2.61. The molecule has 8 nitrogen and oxygen atoms in total. The summed E-state index contributed by atoms with van der Waals surface area (Å²) in [5, 5.41) is 0. The fraction of sp³-hybridized carbons (Fsp3) is 0.632. The maximum absolute atomic E-state index is 12.8. The number of hydrogen-bond acceptors (Lipinski definition) is 6. The van der Waals surface area contributed by atoms with Gasteiger partial charge in [-0.1, -0.05) is 0 Å². The molecule has 2 saturated heterocycles. The Morgan fingerprint density at radius 2 is 2.22 bits per heavy atom. The van der Waals surface area contributed by atoms with Gasteiger partial charge in [0.15, 0.2) is 0 Å². The molecule has 0 bridgehead atoms. The molecule has 0 N–H and O–H groups in total. The van der Waals surface area contributed by atoms with Gasteiger partial charge in [0.1, 0.15) is 12.2 Å². The van der Waals surface area contributed by atoms with E-state index in [0.717, 1.165) is 5.69 Å². The van der Waals surface area contributed by atoms with Gasteiger partial charge >= 0.3 is 0 Å². The number of likely N-dealkylation sites (N-methyl/N-ethyl adjacent to an activating group) is 1. The van der Waals surface area contributed by atoms with E-state index in [4.69, 9.17) is 9.47 Å². The Hall–Kier alpha value is -2.03. The average molecular weight is 376 g/mol. The van der Waals surface area contributed by atoms with Gasteiger partial charge in [-0.2, -0.15) is 0 Å². The molecule has 8 heteroatoms. The standard InChI is InChI=1S/C19H28N4O4/c1-15(2)21(3)10-17(24)22-7-8-26-14-19(12-22)13-23(18(25)11-27-19)16-5-4-6-20-9-16/h4-6,9,15H,7-8,10-14H2,1-3H3. The first-order valence-corrected chi connectivity index (χ1v) is 9.30. The summed E-state index contributed by atoms with van der Waals surface area (Å²) in [5.41, 5.74) is -0.00129. The summed E-state index contributed by atoms with van der Waals surface area (Å²) in [4.78, 5) is 34.8. The van der Waals surface area contributed by atoms with Crippen LogP contribution >= 0.6 is 0 Å². The third-order valence-electron chi connectivity index (χ3n) is 5.18. The second kappa shape index (κ2) is 8.33. The molecule has 1 atom stereocenters. The van der Waals surface area contributed by atoms with Crippen molar-refractivity contribution in [3.8, 4) is 0 Å². The van der Waals surface area contributed by atoms with E-state index < -0.39 is 5.60 Å². The van der Waals surface area contributed by atoms with E-state index in [0.29, 0.717) is 39.4 Å². The van der Waals surface area contributed by atoms with Gasteiger partial charge in [-0.05, 0) is 33.0 Å². The number of ether oxygens (including phenoxy) is 2. The summed E-state index contributed by atoms with van der Waals surface area (Å²) in [6.07, 6.45) is 3.33. The molecule has 2 aliphatic heterocycles. The molecule has 0 aliphatic carbocycles. The van der Waals surface area contributed by atoms with Crippen molar-refractivity contribution in [2.24, 2.45) is 0 Å². The highest BCUT2D eigenvalue weighted by atomic mass is 16.6. The van der Waals surface area contributed by atoms with Crippen molar-refractivity contribution < 1.29 is 19.1 Å². The normalized spacial score (nSPS) is 24.0. The molecule has 1 aromatic heterocycles. The van der Waals surface area contributed by atoms with E-state index in [1.165, 1.54) is 0 Å². The predicted molar refractivity (Wildman–Crippen MR) is 100 cm³/mol. The van der Waals surface area contributed by atoms with Crippen LogP contribution in [0.3, 0.4) is 0 Å². The van der Waals surface area contributed by atoms with Crippen LogP contribution in [-0.4, -0.2) is 91.3 Å². The van der Waals surface area contributed by atoms with Gasteiger partial charge in [-0.3, -0.25) is 19.5 Å². The van der Waals surface area contributed by atoms with Crippen molar-refractivity contribution in [1.82, 2.24) is 14.8 Å².